The van der Waals surface area contributed by atoms with Crippen molar-refractivity contribution in [3.05, 3.63) is 52.1 Å². The Labute approximate surface area is 120 Å². The molecule has 1 aromatic heterocycles. The van der Waals surface area contributed by atoms with Gasteiger partial charge in [-0.15, -0.1) is 0 Å². The smallest absolute Gasteiger partial charge is 0.274 e. The Morgan fingerprint density at radius 2 is 2.05 bits per heavy atom. The van der Waals surface area contributed by atoms with Gasteiger partial charge in [0.1, 0.15) is 11.5 Å². The Kier molecular flexibility index (Phi) is 4.16. The molecule has 0 spiro atoms. The molecule has 19 heavy (non-hydrogen) atoms. The van der Waals surface area contributed by atoms with Gasteiger partial charge in [0.25, 0.3) is 5.91 Å². The van der Waals surface area contributed by atoms with Crippen LogP contribution in [0.5, 0.6) is 0 Å². The van der Waals surface area contributed by atoms with Gasteiger partial charge in [-0.25, -0.2) is 4.98 Å². The lowest BCUT2D eigenvalue weighted by molar-refractivity contribution is 0.102. The van der Waals surface area contributed by atoms with Crippen molar-refractivity contribution in [2.75, 3.05) is 17.7 Å². The van der Waals surface area contributed by atoms with Crippen LogP contribution < -0.4 is 10.6 Å². The lowest BCUT2D eigenvalue weighted by Gasteiger charge is -2.08. The van der Waals surface area contributed by atoms with Crippen molar-refractivity contribution in [3.8, 4) is 0 Å². The number of aryl methyl sites for hydroxylation is 1. The highest BCUT2D eigenvalue weighted by Gasteiger charge is 2.10. The van der Waals surface area contributed by atoms with Gasteiger partial charge in [-0.2, -0.15) is 0 Å². The topological polar surface area (TPSA) is 54.0 Å². The third kappa shape index (κ3) is 3.32. The first-order valence-corrected chi connectivity index (χ1v) is 6.62. The van der Waals surface area contributed by atoms with Crippen LogP contribution in [0.15, 0.2) is 40.9 Å². The van der Waals surface area contributed by atoms with E-state index < -0.39 is 0 Å². The van der Waals surface area contributed by atoms with Crippen molar-refractivity contribution < 1.29 is 4.79 Å². The molecule has 0 saturated heterocycles. The predicted octanol–water partition coefficient (Wildman–Crippen LogP) is 3.45. The second-order valence-electron chi connectivity index (χ2n) is 4.10. The summed E-state index contributed by atoms with van der Waals surface area (Å²) < 4.78 is 0.844. The Morgan fingerprint density at radius 1 is 1.26 bits per heavy atom. The average Bonchev–Trinajstić information content (AvgIpc) is 2.43. The number of aromatic nitrogens is 1. The average molecular weight is 320 g/mol. The summed E-state index contributed by atoms with van der Waals surface area (Å²) in [6.45, 7) is 1.97. The highest BCUT2D eigenvalue weighted by molar-refractivity contribution is 9.10. The SMILES string of the molecule is CNc1cccc(C(=O)Nc2cc(C)ccc2Br)n1. The Morgan fingerprint density at radius 3 is 2.79 bits per heavy atom. The second-order valence-corrected chi connectivity index (χ2v) is 4.95. The highest BCUT2D eigenvalue weighted by atomic mass is 79.9. The van der Waals surface area contributed by atoms with Crippen LogP contribution in [-0.4, -0.2) is 17.9 Å². The predicted molar refractivity (Wildman–Crippen MR) is 80.6 cm³/mol. The summed E-state index contributed by atoms with van der Waals surface area (Å²) in [5.41, 5.74) is 2.19. The molecule has 0 aliphatic carbocycles. The standard InChI is InChI=1S/C14H14BrN3O/c1-9-6-7-10(15)12(8-9)18-14(19)11-4-3-5-13(16-2)17-11/h3-8H,1-2H3,(H,16,17)(H,18,19). The minimum absolute atomic E-state index is 0.233. The van der Waals surface area contributed by atoms with Gasteiger partial charge in [0.2, 0.25) is 0 Å². The molecule has 98 valence electrons. The zero-order valence-corrected chi connectivity index (χ0v) is 12.3. The summed E-state index contributed by atoms with van der Waals surface area (Å²) in [6.07, 6.45) is 0. The number of carbonyl (C=O) groups excluding carboxylic acids is 1. The molecule has 5 heteroatoms. The fraction of sp³-hybridized carbons (Fsp3) is 0.143. The first kappa shape index (κ1) is 13.5. The van der Waals surface area contributed by atoms with Crippen LogP contribution >= 0.6 is 15.9 Å². The van der Waals surface area contributed by atoms with E-state index in [1.807, 2.05) is 25.1 Å². The second kappa shape index (κ2) is 5.84. The van der Waals surface area contributed by atoms with Crippen LogP contribution in [0.3, 0.4) is 0 Å². The maximum absolute atomic E-state index is 12.1. The van der Waals surface area contributed by atoms with Gasteiger partial charge in [0, 0.05) is 11.5 Å². The van der Waals surface area contributed by atoms with Crippen LogP contribution in [0, 0.1) is 6.92 Å². The lowest BCUT2D eigenvalue weighted by Crippen LogP contribution is -2.14. The Bertz CT molecular complexity index is 613. The number of halogens is 1. The fourth-order valence-corrected chi connectivity index (χ4v) is 1.97. The number of carbonyl (C=O) groups is 1. The van der Waals surface area contributed by atoms with Crippen LogP contribution in [0.2, 0.25) is 0 Å². The highest BCUT2D eigenvalue weighted by Crippen LogP contribution is 2.23. The van der Waals surface area contributed by atoms with E-state index in [4.69, 9.17) is 0 Å². The maximum atomic E-state index is 12.1. The van der Waals surface area contributed by atoms with E-state index in [9.17, 15) is 4.79 Å². The van der Waals surface area contributed by atoms with Crippen LogP contribution in [0.4, 0.5) is 11.5 Å². The molecule has 0 unspecified atom stereocenters. The summed E-state index contributed by atoms with van der Waals surface area (Å²) in [5.74, 6) is 0.430. The van der Waals surface area contributed by atoms with Gasteiger partial charge in [-0.1, -0.05) is 12.1 Å². The number of benzene rings is 1. The summed E-state index contributed by atoms with van der Waals surface area (Å²) in [5, 5.41) is 5.75. The van der Waals surface area contributed by atoms with Crippen molar-refractivity contribution in [1.29, 1.82) is 0 Å². The molecule has 0 fully saturated rings. The van der Waals surface area contributed by atoms with Gasteiger partial charge in [0.05, 0.1) is 5.69 Å². The van der Waals surface area contributed by atoms with Crippen LogP contribution in [0.25, 0.3) is 0 Å². The Hall–Kier alpha value is -1.88. The van der Waals surface area contributed by atoms with Crippen molar-refractivity contribution in [2.45, 2.75) is 6.92 Å². The summed E-state index contributed by atoms with van der Waals surface area (Å²) in [6, 6.07) is 11.1. The molecule has 0 aliphatic rings. The summed E-state index contributed by atoms with van der Waals surface area (Å²) in [4.78, 5) is 16.3. The largest absolute Gasteiger partial charge is 0.373 e. The van der Waals surface area contributed by atoms with E-state index in [1.54, 1.807) is 25.2 Å². The van der Waals surface area contributed by atoms with E-state index in [1.165, 1.54) is 0 Å². The fourth-order valence-electron chi connectivity index (χ4n) is 1.62. The number of pyridine rings is 1. The minimum Gasteiger partial charge on any atom is -0.373 e. The number of nitrogens with one attached hydrogen (secondary N) is 2. The summed E-state index contributed by atoms with van der Waals surface area (Å²) >= 11 is 3.41. The van der Waals surface area contributed by atoms with E-state index in [-0.39, 0.29) is 5.91 Å². The van der Waals surface area contributed by atoms with E-state index in [0.717, 1.165) is 15.7 Å². The quantitative estimate of drug-likeness (QED) is 0.911. The molecule has 2 rings (SSSR count). The first-order chi connectivity index (χ1) is 9.10. The molecule has 0 atom stereocenters. The van der Waals surface area contributed by atoms with Crippen molar-refractivity contribution in [2.24, 2.45) is 0 Å². The Balaban J connectivity index is 2.22. The van der Waals surface area contributed by atoms with Gasteiger partial charge < -0.3 is 10.6 Å². The van der Waals surface area contributed by atoms with Gasteiger partial charge in [-0.05, 0) is 52.7 Å². The molecular formula is C14H14BrN3O. The van der Waals surface area contributed by atoms with Crippen LogP contribution in [0.1, 0.15) is 16.1 Å². The lowest BCUT2D eigenvalue weighted by atomic mass is 10.2. The number of hydrogen-bond donors (Lipinski definition) is 2. The van der Waals surface area contributed by atoms with Crippen molar-refractivity contribution >= 4 is 33.3 Å². The molecular weight excluding hydrogens is 306 g/mol. The molecule has 2 aromatic rings. The third-order valence-corrected chi connectivity index (χ3v) is 3.30. The minimum atomic E-state index is -0.233. The van der Waals surface area contributed by atoms with Crippen molar-refractivity contribution in [3.63, 3.8) is 0 Å². The zero-order chi connectivity index (χ0) is 13.8. The van der Waals surface area contributed by atoms with E-state index >= 15 is 0 Å². The maximum Gasteiger partial charge on any atom is 0.274 e. The van der Waals surface area contributed by atoms with Crippen molar-refractivity contribution in [1.82, 2.24) is 4.98 Å². The van der Waals surface area contributed by atoms with Crippen LogP contribution in [-0.2, 0) is 0 Å². The normalized spacial score (nSPS) is 10.1. The number of nitrogens with zero attached hydrogens (tertiary/aromatic N) is 1. The third-order valence-electron chi connectivity index (χ3n) is 2.61. The first-order valence-electron chi connectivity index (χ1n) is 5.82. The summed E-state index contributed by atoms with van der Waals surface area (Å²) in [7, 11) is 1.77. The zero-order valence-electron chi connectivity index (χ0n) is 10.7. The van der Waals surface area contributed by atoms with E-state index in [0.29, 0.717) is 11.5 Å². The molecule has 0 aliphatic heterocycles. The van der Waals surface area contributed by atoms with E-state index in [2.05, 4.69) is 31.5 Å². The van der Waals surface area contributed by atoms with Gasteiger partial charge in [-0.3, -0.25) is 4.79 Å². The van der Waals surface area contributed by atoms with Gasteiger partial charge >= 0.3 is 0 Å². The number of anilines is 2. The molecule has 0 saturated carbocycles. The molecule has 1 aromatic carbocycles. The molecule has 0 radical (unpaired) electrons. The van der Waals surface area contributed by atoms with Gasteiger partial charge in [0.15, 0.2) is 0 Å². The number of hydrogen-bond acceptors (Lipinski definition) is 3. The molecule has 1 heterocycles. The monoisotopic (exact) mass is 319 g/mol. The molecule has 2 N–H and O–H groups in total. The number of amides is 1. The molecule has 1 amide bonds. The number of rotatable bonds is 3. The molecule has 4 nitrogen and oxygen atoms in total. The molecule has 0 bridgehead atoms.